The van der Waals surface area contributed by atoms with Crippen molar-refractivity contribution in [1.82, 2.24) is 0 Å². The van der Waals surface area contributed by atoms with Crippen LogP contribution in [0.25, 0.3) is 0 Å². The van der Waals surface area contributed by atoms with Gasteiger partial charge in [0, 0.05) is 21.1 Å². The van der Waals surface area contributed by atoms with Gasteiger partial charge in [0.1, 0.15) is 9.84 Å². The number of halogens is 1. The molecule has 0 fully saturated rings. The average Bonchev–Trinajstić information content (AvgIpc) is 2.24. The molecular formula is C11H13IO3S2. The van der Waals surface area contributed by atoms with Gasteiger partial charge in [0.05, 0.1) is 11.5 Å². The fraction of sp³-hybridized carbons (Fsp3) is 0.364. The Kier molecular flexibility index (Phi) is 5.94. The summed E-state index contributed by atoms with van der Waals surface area (Å²) < 4.78 is 22.9. The highest BCUT2D eigenvalue weighted by Gasteiger charge is 2.07. The molecule has 0 aromatic heterocycles. The van der Waals surface area contributed by atoms with Gasteiger partial charge < -0.3 is 0 Å². The lowest BCUT2D eigenvalue weighted by Crippen LogP contribution is -2.08. The van der Waals surface area contributed by atoms with E-state index in [1.54, 1.807) is 12.1 Å². The van der Waals surface area contributed by atoms with Crippen LogP contribution in [0, 0.1) is 3.57 Å². The quantitative estimate of drug-likeness (QED) is 0.429. The molecule has 0 saturated heterocycles. The first-order chi connectivity index (χ1) is 7.88. The van der Waals surface area contributed by atoms with Crippen molar-refractivity contribution < 1.29 is 13.2 Å². The molecule has 1 aromatic carbocycles. The van der Waals surface area contributed by atoms with E-state index in [0.29, 0.717) is 17.1 Å². The molecule has 3 nitrogen and oxygen atoms in total. The lowest BCUT2D eigenvalue weighted by Gasteiger charge is -2.01. The number of hydrogen-bond acceptors (Lipinski definition) is 4. The number of thioether (sulfide) groups is 1. The summed E-state index contributed by atoms with van der Waals surface area (Å²) in [7, 11) is -2.93. The molecule has 0 N–H and O–H groups in total. The first-order valence-corrected chi connectivity index (χ1v) is 9.22. The van der Waals surface area contributed by atoms with Crippen molar-refractivity contribution in [2.75, 3.05) is 23.5 Å². The number of hydrogen-bond donors (Lipinski definition) is 0. The van der Waals surface area contributed by atoms with E-state index >= 15 is 0 Å². The number of carbonyl (C=O) groups excluding carboxylic acids is 1. The van der Waals surface area contributed by atoms with Gasteiger partial charge in [0.2, 0.25) is 0 Å². The van der Waals surface area contributed by atoms with E-state index < -0.39 is 9.84 Å². The molecule has 0 amide bonds. The van der Waals surface area contributed by atoms with E-state index in [1.165, 1.54) is 18.0 Å². The van der Waals surface area contributed by atoms with Crippen molar-refractivity contribution in [2.24, 2.45) is 0 Å². The third-order valence-electron chi connectivity index (χ3n) is 2.00. The van der Waals surface area contributed by atoms with Crippen molar-refractivity contribution in [3.05, 3.63) is 33.4 Å². The third-order valence-corrected chi connectivity index (χ3v) is 4.88. The molecule has 1 rings (SSSR count). The van der Waals surface area contributed by atoms with Crippen molar-refractivity contribution in [3.8, 4) is 0 Å². The molecule has 0 aliphatic heterocycles. The number of Topliss-reactive ketones (excluding diaryl/α,β-unsaturated/α-hetero) is 1. The number of carbonyl (C=O) groups is 1. The molecule has 0 aliphatic rings. The predicted molar refractivity (Wildman–Crippen MR) is 80.5 cm³/mol. The Morgan fingerprint density at radius 3 is 2.41 bits per heavy atom. The summed E-state index contributed by atoms with van der Waals surface area (Å²) in [6.45, 7) is 0. The molecular weight excluding hydrogens is 371 g/mol. The van der Waals surface area contributed by atoms with Crippen LogP contribution in [0.4, 0.5) is 0 Å². The van der Waals surface area contributed by atoms with E-state index in [9.17, 15) is 13.2 Å². The van der Waals surface area contributed by atoms with Crippen molar-refractivity contribution >= 4 is 50.0 Å². The first kappa shape index (κ1) is 15.0. The lowest BCUT2D eigenvalue weighted by molar-refractivity contribution is 0.102. The van der Waals surface area contributed by atoms with E-state index in [0.717, 1.165) is 3.57 Å². The van der Waals surface area contributed by atoms with Crippen LogP contribution in [0.3, 0.4) is 0 Å². The van der Waals surface area contributed by atoms with Crippen LogP contribution in [-0.2, 0) is 9.84 Å². The van der Waals surface area contributed by atoms with Crippen LogP contribution >= 0.6 is 34.4 Å². The summed E-state index contributed by atoms with van der Waals surface area (Å²) in [5, 5.41) is 0. The average molecular weight is 384 g/mol. The van der Waals surface area contributed by atoms with E-state index in [4.69, 9.17) is 0 Å². The normalized spacial score (nSPS) is 11.4. The summed E-state index contributed by atoms with van der Waals surface area (Å²) in [5.41, 5.74) is 0.678. The molecule has 0 saturated carbocycles. The Hall–Kier alpha value is -0.0800. The topological polar surface area (TPSA) is 51.2 Å². The van der Waals surface area contributed by atoms with E-state index in [2.05, 4.69) is 22.6 Å². The molecule has 1 aromatic rings. The largest absolute Gasteiger partial charge is 0.293 e. The van der Waals surface area contributed by atoms with E-state index in [-0.39, 0.29) is 11.5 Å². The second-order valence-corrected chi connectivity index (χ2v) is 8.22. The van der Waals surface area contributed by atoms with Gasteiger partial charge in [-0.15, -0.1) is 0 Å². The number of rotatable bonds is 6. The Labute approximate surface area is 119 Å². The molecule has 0 spiro atoms. The SMILES string of the molecule is CS(=O)(=O)CCSCC(=O)c1ccc(I)cc1. The molecule has 0 unspecified atom stereocenters. The minimum Gasteiger partial charge on any atom is -0.293 e. The molecule has 0 atom stereocenters. The van der Waals surface area contributed by atoms with Gasteiger partial charge in [-0.3, -0.25) is 4.79 Å². The predicted octanol–water partition coefficient (Wildman–Crippen LogP) is 2.25. The van der Waals surface area contributed by atoms with Gasteiger partial charge in [0.25, 0.3) is 0 Å². The maximum atomic E-state index is 11.7. The van der Waals surface area contributed by atoms with Gasteiger partial charge in [-0.25, -0.2) is 8.42 Å². The number of sulfone groups is 1. The zero-order valence-electron chi connectivity index (χ0n) is 9.35. The smallest absolute Gasteiger partial charge is 0.172 e. The van der Waals surface area contributed by atoms with Crippen LogP contribution in [0.5, 0.6) is 0 Å². The zero-order valence-corrected chi connectivity index (χ0v) is 13.1. The van der Waals surface area contributed by atoms with Crippen LogP contribution in [0.15, 0.2) is 24.3 Å². The molecule has 0 radical (unpaired) electrons. The number of benzene rings is 1. The summed E-state index contributed by atoms with van der Waals surface area (Å²) in [4.78, 5) is 11.7. The maximum Gasteiger partial charge on any atom is 0.172 e. The Balaban J connectivity index is 2.38. The number of ketones is 1. The summed E-state index contributed by atoms with van der Waals surface area (Å²) >= 11 is 3.54. The highest BCUT2D eigenvalue weighted by Crippen LogP contribution is 2.10. The molecule has 0 heterocycles. The van der Waals surface area contributed by atoms with Crippen molar-refractivity contribution in [1.29, 1.82) is 0 Å². The highest BCUT2D eigenvalue weighted by molar-refractivity contribution is 14.1. The minimum absolute atomic E-state index is 0.0416. The van der Waals surface area contributed by atoms with Crippen LogP contribution < -0.4 is 0 Å². The molecule has 6 heteroatoms. The maximum absolute atomic E-state index is 11.7. The Bertz CT molecular complexity index is 480. The molecule has 94 valence electrons. The third kappa shape index (κ3) is 6.42. The summed E-state index contributed by atoms with van der Waals surface area (Å²) in [5.74, 6) is 0.961. The Morgan fingerprint density at radius 2 is 1.88 bits per heavy atom. The monoisotopic (exact) mass is 384 g/mol. The fourth-order valence-electron chi connectivity index (χ4n) is 1.09. The van der Waals surface area contributed by atoms with Gasteiger partial charge in [-0.1, -0.05) is 12.1 Å². The van der Waals surface area contributed by atoms with Crippen LogP contribution in [0.1, 0.15) is 10.4 Å². The molecule has 0 bridgehead atoms. The molecule has 17 heavy (non-hydrogen) atoms. The second kappa shape index (κ2) is 6.75. The van der Waals surface area contributed by atoms with Crippen LogP contribution in [0.2, 0.25) is 0 Å². The lowest BCUT2D eigenvalue weighted by atomic mass is 10.2. The van der Waals surface area contributed by atoms with Crippen LogP contribution in [-0.4, -0.2) is 37.7 Å². The van der Waals surface area contributed by atoms with Gasteiger partial charge in [0.15, 0.2) is 5.78 Å². The fourth-order valence-corrected chi connectivity index (χ4v) is 3.63. The summed E-state index contributed by atoms with van der Waals surface area (Å²) in [6.07, 6.45) is 1.20. The standard InChI is InChI=1S/C11H13IO3S2/c1-17(14,15)7-6-16-8-11(13)9-2-4-10(12)5-3-9/h2-5H,6-8H2,1H3. The van der Waals surface area contributed by atoms with Gasteiger partial charge in [-0.05, 0) is 34.7 Å². The van der Waals surface area contributed by atoms with E-state index in [1.807, 2.05) is 12.1 Å². The van der Waals surface area contributed by atoms with Gasteiger partial charge in [-0.2, -0.15) is 11.8 Å². The second-order valence-electron chi connectivity index (χ2n) is 3.61. The van der Waals surface area contributed by atoms with Crippen molar-refractivity contribution in [2.45, 2.75) is 0 Å². The zero-order chi connectivity index (χ0) is 12.9. The Morgan fingerprint density at radius 1 is 1.29 bits per heavy atom. The van der Waals surface area contributed by atoms with Gasteiger partial charge >= 0.3 is 0 Å². The highest BCUT2D eigenvalue weighted by atomic mass is 127. The first-order valence-electron chi connectivity index (χ1n) is 4.93. The minimum atomic E-state index is -2.93. The van der Waals surface area contributed by atoms with Crippen molar-refractivity contribution in [3.63, 3.8) is 0 Å². The molecule has 0 aliphatic carbocycles. The summed E-state index contributed by atoms with van der Waals surface area (Å²) in [6, 6.07) is 7.35.